The molecule has 4 heteroatoms. The summed E-state index contributed by atoms with van der Waals surface area (Å²) in [5, 5.41) is 0. The quantitative estimate of drug-likeness (QED) is 0.417. The number of fused-ring (bicyclic) bond motifs is 3. The minimum absolute atomic E-state index is 0.0877. The molecule has 0 amide bonds. The largest absolute Gasteiger partial charge is 0.395 e. The van der Waals surface area contributed by atoms with Crippen molar-refractivity contribution < 1.29 is 13.2 Å². The van der Waals surface area contributed by atoms with Crippen molar-refractivity contribution >= 4 is 11.4 Å². The van der Waals surface area contributed by atoms with Gasteiger partial charge in [0.25, 0.3) is 0 Å². The lowest BCUT2D eigenvalue weighted by Gasteiger charge is -2.35. The van der Waals surface area contributed by atoms with E-state index in [0.717, 1.165) is 33.6 Å². The molecule has 1 nitrogen and oxygen atoms in total. The maximum atomic E-state index is 13.7. The number of alkyl halides is 3. The first-order chi connectivity index (χ1) is 14.4. The van der Waals surface area contributed by atoms with Gasteiger partial charge in [-0.2, -0.15) is 13.2 Å². The predicted octanol–water partition coefficient (Wildman–Crippen LogP) is 7.79. The number of anilines is 1. The molecule has 154 valence electrons. The third kappa shape index (κ3) is 3.74. The van der Waals surface area contributed by atoms with Crippen LogP contribution in [0.2, 0.25) is 0 Å². The summed E-state index contributed by atoms with van der Waals surface area (Å²) in [7, 11) is 0. The van der Waals surface area contributed by atoms with Gasteiger partial charge < -0.3 is 4.90 Å². The van der Waals surface area contributed by atoms with Crippen LogP contribution in [0.15, 0.2) is 79.4 Å². The van der Waals surface area contributed by atoms with E-state index >= 15 is 0 Å². The molecular weight excluding hydrogens is 383 g/mol. The maximum absolute atomic E-state index is 13.7. The minimum Gasteiger partial charge on any atom is -0.336 e. The SMILES string of the molecule is C=C1c2ccccc2-c2cc(C(CCC)C(F)(F)F)ccc2N1Cc1ccccc1. The highest BCUT2D eigenvalue weighted by molar-refractivity contribution is 5.98. The van der Waals surface area contributed by atoms with E-state index in [1.54, 1.807) is 19.1 Å². The average molecular weight is 407 g/mol. The van der Waals surface area contributed by atoms with E-state index < -0.39 is 12.1 Å². The molecule has 0 fully saturated rings. The Bertz CT molecular complexity index is 1050. The summed E-state index contributed by atoms with van der Waals surface area (Å²) < 4.78 is 41.2. The van der Waals surface area contributed by atoms with Gasteiger partial charge in [0, 0.05) is 29.1 Å². The molecule has 0 saturated heterocycles. The Kier molecular flexibility index (Phi) is 5.42. The summed E-state index contributed by atoms with van der Waals surface area (Å²) in [5.74, 6) is -1.45. The summed E-state index contributed by atoms with van der Waals surface area (Å²) in [6, 6.07) is 23.0. The maximum Gasteiger partial charge on any atom is 0.395 e. The number of halogens is 3. The molecule has 0 radical (unpaired) electrons. The topological polar surface area (TPSA) is 3.24 Å². The normalized spacial score (nSPS) is 14.3. The van der Waals surface area contributed by atoms with Gasteiger partial charge in [-0.15, -0.1) is 0 Å². The summed E-state index contributed by atoms with van der Waals surface area (Å²) in [4.78, 5) is 2.10. The molecule has 3 aromatic carbocycles. The van der Waals surface area contributed by atoms with Crippen molar-refractivity contribution in [3.05, 3.63) is 96.1 Å². The number of hydrogen-bond acceptors (Lipinski definition) is 1. The first-order valence-corrected chi connectivity index (χ1v) is 10.2. The van der Waals surface area contributed by atoms with Crippen LogP contribution in [0.3, 0.4) is 0 Å². The fourth-order valence-electron chi connectivity index (χ4n) is 4.24. The third-order valence-corrected chi connectivity index (χ3v) is 5.72. The molecule has 1 aliphatic rings. The van der Waals surface area contributed by atoms with Gasteiger partial charge in [-0.1, -0.05) is 80.6 Å². The van der Waals surface area contributed by atoms with Crippen molar-refractivity contribution in [1.82, 2.24) is 0 Å². The van der Waals surface area contributed by atoms with Crippen LogP contribution in [0, 0.1) is 0 Å². The van der Waals surface area contributed by atoms with Gasteiger partial charge in [0.1, 0.15) is 0 Å². The molecular formula is C26H24F3N. The smallest absolute Gasteiger partial charge is 0.336 e. The van der Waals surface area contributed by atoms with Crippen molar-refractivity contribution in [2.24, 2.45) is 0 Å². The number of hydrogen-bond donors (Lipinski definition) is 0. The lowest BCUT2D eigenvalue weighted by Crippen LogP contribution is -2.25. The zero-order valence-corrected chi connectivity index (χ0v) is 16.9. The zero-order chi connectivity index (χ0) is 21.3. The van der Waals surface area contributed by atoms with Crippen LogP contribution in [-0.4, -0.2) is 6.18 Å². The second-order valence-electron chi connectivity index (χ2n) is 7.72. The highest BCUT2D eigenvalue weighted by Gasteiger charge is 2.40. The lowest BCUT2D eigenvalue weighted by molar-refractivity contribution is -0.152. The van der Waals surface area contributed by atoms with Crippen molar-refractivity contribution in [1.29, 1.82) is 0 Å². The Hall–Kier alpha value is -3.01. The van der Waals surface area contributed by atoms with E-state index in [1.807, 2.05) is 60.7 Å². The van der Waals surface area contributed by atoms with E-state index in [9.17, 15) is 13.2 Å². The Balaban J connectivity index is 1.84. The molecule has 0 spiro atoms. The van der Waals surface area contributed by atoms with E-state index in [0.29, 0.717) is 18.5 Å². The second-order valence-corrected chi connectivity index (χ2v) is 7.72. The van der Waals surface area contributed by atoms with Crippen LogP contribution < -0.4 is 4.90 Å². The van der Waals surface area contributed by atoms with Gasteiger partial charge in [-0.25, -0.2) is 0 Å². The fraction of sp³-hybridized carbons (Fsp3) is 0.231. The van der Waals surface area contributed by atoms with Crippen LogP contribution in [0.25, 0.3) is 16.8 Å². The molecule has 4 rings (SSSR count). The van der Waals surface area contributed by atoms with E-state index in [4.69, 9.17) is 0 Å². The molecule has 3 aromatic rings. The van der Waals surface area contributed by atoms with Crippen molar-refractivity contribution in [2.75, 3.05) is 4.90 Å². The zero-order valence-electron chi connectivity index (χ0n) is 16.9. The molecule has 1 heterocycles. The number of rotatable bonds is 5. The standard InChI is InChI=1S/C26H24F3N/c1-3-9-24(26(27,28)29)20-14-15-25-23(16-20)22-13-8-7-12-21(22)18(2)30(25)17-19-10-5-4-6-11-19/h4-8,10-16,24H,2-3,9,17H2,1H3. The predicted molar refractivity (Wildman–Crippen MR) is 117 cm³/mol. The molecule has 0 aliphatic carbocycles. The van der Waals surface area contributed by atoms with Gasteiger partial charge in [0.05, 0.1) is 5.92 Å². The van der Waals surface area contributed by atoms with Crippen LogP contribution in [0.4, 0.5) is 18.9 Å². The van der Waals surface area contributed by atoms with Crippen LogP contribution >= 0.6 is 0 Å². The van der Waals surface area contributed by atoms with E-state index in [2.05, 4.69) is 11.5 Å². The summed E-state index contributed by atoms with van der Waals surface area (Å²) >= 11 is 0. The first kappa shape index (κ1) is 20.3. The van der Waals surface area contributed by atoms with Gasteiger partial charge >= 0.3 is 6.18 Å². The fourth-order valence-corrected chi connectivity index (χ4v) is 4.24. The van der Waals surface area contributed by atoms with E-state index in [-0.39, 0.29) is 6.42 Å². The molecule has 30 heavy (non-hydrogen) atoms. The highest BCUT2D eigenvalue weighted by atomic mass is 19.4. The third-order valence-electron chi connectivity index (χ3n) is 5.72. The van der Waals surface area contributed by atoms with Crippen LogP contribution in [0.5, 0.6) is 0 Å². The Morgan fingerprint density at radius 1 is 0.867 bits per heavy atom. The number of nitrogens with zero attached hydrogens (tertiary/aromatic N) is 1. The molecule has 0 N–H and O–H groups in total. The van der Waals surface area contributed by atoms with Crippen LogP contribution in [0.1, 0.15) is 42.4 Å². The first-order valence-electron chi connectivity index (χ1n) is 10.2. The second kappa shape index (κ2) is 8.02. The van der Waals surface area contributed by atoms with Crippen molar-refractivity contribution in [3.8, 4) is 11.1 Å². The summed E-state index contributed by atoms with van der Waals surface area (Å²) in [6.07, 6.45) is -3.69. The molecule has 1 aliphatic heterocycles. The lowest BCUT2D eigenvalue weighted by atomic mass is 9.86. The molecule has 0 bridgehead atoms. The Morgan fingerprint density at radius 3 is 2.20 bits per heavy atom. The van der Waals surface area contributed by atoms with Gasteiger partial charge in [-0.05, 0) is 35.2 Å². The Morgan fingerprint density at radius 2 is 1.53 bits per heavy atom. The summed E-state index contributed by atoms with van der Waals surface area (Å²) in [5.41, 5.74) is 5.91. The Labute approximate surface area is 175 Å². The highest BCUT2D eigenvalue weighted by Crippen LogP contribution is 2.47. The average Bonchev–Trinajstić information content (AvgIpc) is 2.74. The van der Waals surface area contributed by atoms with Crippen molar-refractivity contribution in [3.63, 3.8) is 0 Å². The van der Waals surface area contributed by atoms with Gasteiger partial charge in [-0.3, -0.25) is 0 Å². The minimum atomic E-state index is -4.26. The molecule has 1 atom stereocenters. The molecule has 0 saturated carbocycles. The monoisotopic (exact) mass is 407 g/mol. The van der Waals surface area contributed by atoms with Crippen LogP contribution in [-0.2, 0) is 6.54 Å². The molecule has 1 unspecified atom stereocenters. The van der Waals surface area contributed by atoms with Gasteiger partial charge in [0.2, 0.25) is 0 Å². The van der Waals surface area contributed by atoms with Crippen molar-refractivity contribution in [2.45, 2.75) is 38.4 Å². The molecule has 0 aromatic heterocycles. The number of benzene rings is 3. The summed E-state index contributed by atoms with van der Waals surface area (Å²) in [6.45, 7) is 6.70. The van der Waals surface area contributed by atoms with Gasteiger partial charge in [0.15, 0.2) is 0 Å². The van der Waals surface area contributed by atoms with E-state index in [1.165, 1.54) is 0 Å².